The monoisotopic (exact) mass is 308 g/mol. The molecule has 0 saturated heterocycles. The summed E-state index contributed by atoms with van der Waals surface area (Å²) in [6.07, 6.45) is 5.06. The lowest BCUT2D eigenvalue weighted by Crippen LogP contribution is -2.13. The van der Waals surface area contributed by atoms with Crippen LogP contribution in [0.5, 0.6) is 0 Å². The van der Waals surface area contributed by atoms with E-state index in [1.165, 1.54) is 24.3 Å². The standard InChI is InChI=1S/C16H12N4O3/c21-16(12-5-7-13(8-6-12)20(22)23)18-14-3-1-2-4-15(14)19-10-9-17-11-19/h1-11H,(H,18,21). The van der Waals surface area contributed by atoms with Crippen LogP contribution in [0.4, 0.5) is 11.4 Å². The summed E-state index contributed by atoms with van der Waals surface area (Å²) in [5, 5.41) is 13.5. The molecule has 1 aromatic heterocycles. The molecule has 0 fully saturated rings. The maximum Gasteiger partial charge on any atom is 0.269 e. The fourth-order valence-corrected chi connectivity index (χ4v) is 2.14. The molecule has 1 heterocycles. The number of nitrogens with zero attached hydrogens (tertiary/aromatic N) is 3. The average Bonchev–Trinajstić information content (AvgIpc) is 3.09. The van der Waals surface area contributed by atoms with Gasteiger partial charge in [-0.05, 0) is 24.3 Å². The first-order chi connectivity index (χ1) is 11.1. The van der Waals surface area contributed by atoms with E-state index in [1.807, 2.05) is 18.2 Å². The number of non-ortho nitro benzene ring substituents is 1. The number of hydrogen-bond donors (Lipinski definition) is 1. The van der Waals surface area contributed by atoms with Gasteiger partial charge in [0.25, 0.3) is 11.6 Å². The highest BCUT2D eigenvalue weighted by Gasteiger charge is 2.12. The van der Waals surface area contributed by atoms with E-state index in [-0.39, 0.29) is 11.6 Å². The van der Waals surface area contributed by atoms with Crippen LogP contribution in [0.1, 0.15) is 10.4 Å². The Bertz CT molecular complexity index is 842. The number of hydrogen-bond acceptors (Lipinski definition) is 4. The number of para-hydroxylation sites is 2. The maximum atomic E-state index is 12.3. The lowest BCUT2D eigenvalue weighted by atomic mass is 10.2. The second-order valence-corrected chi connectivity index (χ2v) is 4.75. The number of benzene rings is 2. The molecule has 0 aliphatic rings. The quantitative estimate of drug-likeness (QED) is 0.592. The minimum atomic E-state index is -0.504. The number of amides is 1. The largest absolute Gasteiger partial charge is 0.320 e. The minimum absolute atomic E-state index is 0.0552. The zero-order chi connectivity index (χ0) is 16.2. The van der Waals surface area contributed by atoms with Gasteiger partial charge >= 0.3 is 0 Å². The summed E-state index contributed by atoms with van der Waals surface area (Å²) in [7, 11) is 0. The van der Waals surface area contributed by atoms with E-state index in [2.05, 4.69) is 10.3 Å². The second-order valence-electron chi connectivity index (χ2n) is 4.75. The van der Waals surface area contributed by atoms with Crippen LogP contribution in [0.3, 0.4) is 0 Å². The van der Waals surface area contributed by atoms with Gasteiger partial charge in [-0.3, -0.25) is 14.9 Å². The number of nitrogens with one attached hydrogen (secondary N) is 1. The number of nitro benzene ring substituents is 1. The van der Waals surface area contributed by atoms with Gasteiger partial charge in [0.05, 0.1) is 22.6 Å². The SMILES string of the molecule is O=C(Nc1ccccc1-n1ccnc1)c1ccc([N+](=O)[O-])cc1. The van der Waals surface area contributed by atoms with Crippen LogP contribution in [-0.4, -0.2) is 20.4 Å². The number of carbonyl (C=O) groups is 1. The van der Waals surface area contributed by atoms with E-state index >= 15 is 0 Å². The number of anilines is 1. The molecular weight excluding hydrogens is 296 g/mol. The van der Waals surface area contributed by atoms with Crippen molar-refractivity contribution in [2.24, 2.45) is 0 Å². The number of nitro groups is 1. The van der Waals surface area contributed by atoms with Gasteiger partial charge in [0.1, 0.15) is 0 Å². The minimum Gasteiger partial charge on any atom is -0.320 e. The predicted octanol–water partition coefficient (Wildman–Crippen LogP) is 3.03. The van der Waals surface area contributed by atoms with Crippen LogP contribution in [-0.2, 0) is 0 Å². The summed E-state index contributed by atoms with van der Waals surface area (Å²) in [5.41, 5.74) is 1.69. The average molecular weight is 308 g/mol. The Balaban J connectivity index is 1.85. The van der Waals surface area contributed by atoms with Crippen LogP contribution < -0.4 is 5.32 Å². The third kappa shape index (κ3) is 3.08. The van der Waals surface area contributed by atoms with Crippen molar-refractivity contribution < 1.29 is 9.72 Å². The number of carbonyl (C=O) groups excluding carboxylic acids is 1. The Kier molecular flexibility index (Phi) is 3.84. The summed E-state index contributed by atoms with van der Waals surface area (Å²) in [5.74, 6) is -0.340. The molecule has 3 rings (SSSR count). The van der Waals surface area contributed by atoms with Gasteiger partial charge in [-0.2, -0.15) is 0 Å². The molecule has 7 heteroatoms. The van der Waals surface area contributed by atoms with E-state index in [0.717, 1.165) is 5.69 Å². The third-order valence-corrected chi connectivity index (χ3v) is 3.28. The molecule has 0 aliphatic heterocycles. The molecule has 23 heavy (non-hydrogen) atoms. The number of rotatable bonds is 4. The second kappa shape index (κ2) is 6.10. The van der Waals surface area contributed by atoms with Crippen LogP contribution in [0.2, 0.25) is 0 Å². The highest BCUT2D eigenvalue weighted by atomic mass is 16.6. The Labute approximate surface area is 131 Å². The fraction of sp³-hybridized carbons (Fsp3) is 0. The molecule has 0 spiro atoms. The highest BCUT2D eigenvalue weighted by Crippen LogP contribution is 2.21. The van der Waals surface area contributed by atoms with Crippen molar-refractivity contribution in [2.75, 3.05) is 5.32 Å². The van der Waals surface area contributed by atoms with Gasteiger partial charge in [0.2, 0.25) is 0 Å². The van der Waals surface area contributed by atoms with Crippen molar-refractivity contribution in [3.63, 3.8) is 0 Å². The zero-order valence-corrected chi connectivity index (χ0v) is 11.9. The summed E-state index contributed by atoms with van der Waals surface area (Å²) in [6.45, 7) is 0. The van der Waals surface area contributed by atoms with Crippen molar-refractivity contribution in [2.45, 2.75) is 0 Å². The van der Waals surface area contributed by atoms with E-state index in [9.17, 15) is 14.9 Å². The molecule has 2 aromatic carbocycles. The molecule has 0 radical (unpaired) electrons. The van der Waals surface area contributed by atoms with E-state index < -0.39 is 4.92 Å². The third-order valence-electron chi connectivity index (χ3n) is 3.28. The normalized spacial score (nSPS) is 10.3. The molecule has 0 saturated carbocycles. The Hall–Kier alpha value is -3.48. The highest BCUT2D eigenvalue weighted by molar-refractivity contribution is 6.05. The van der Waals surface area contributed by atoms with E-state index in [0.29, 0.717) is 11.3 Å². The van der Waals surface area contributed by atoms with Crippen LogP contribution in [0.15, 0.2) is 67.3 Å². The molecule has 114 valence electrons. The Morgan fingerprint density at radius 2 is 1.87 bits per heavy atom. The van der Waals surface area contributed by atoms with Crippen molar-refractivity contribution in [3.05, 3.63) is 82.9 Å². The summed E-state index contributed by atoms with van der Waals surface area (Å²) in [4.78, 5) is 26.4. The molecule has 0 aliphatic carbocycles. The molecule has 1 amide bonds. The molecule has 1 N–H and O–H groups in total. The first kappa shape index (κ1) is 14.5. The zero-order valence-electron chi connectivity index (χ0n) is 11.9. The molecular formula is C16H12N4O3. The van der Waals surface area contributed by atoms with Gasteiger partial charge in [-0.25, -0.2) is 4.98 Å². The molecule has 3 aromatic rings. The van der Waals surface area contributed by atoms with Gasteiger partial charge in [0.15, 0.2) is 0 Å². The molecule has 0 unspecified atom stereocenters. The van der Waals surface area contributed by atoms with Crippen molar-refractivity contribution >= 4 is 17.3 Å². The predicted molar refractivity (Wildman–Crippen MR) is 84.6 cm³/mol. The smallest absolute Gasteiger partial charge is 0.269 e. The topological polar surface area (TPSA) is 90.1 Å². The van der Waals surface area contributed by atoms with Crippen molar-refractivity contribution in [1.82, 2.24) is 9.55 Å². The van der Waals surface area contributed by atoms with Crippen LogP contribution >= 0.6 is 0 Å². The molecule has 7 nitrogen and oxygen atoms in total. The summed E-state index contributed by atoms with van der Waals surface area (Å²) >= 11 is 0. The fourth-order valence-electron chi connectivity index (χ4n) is 2.14. The van der Waals surface area contributed by atoms with Crippen molar-refractivity contribution in [1.29, 1.82) is 0 Å². The van der Waals surface area contributed by atoms with E-state index in [1.54, 1.807) is 29.4 Å². The Morgan fingerprint density at radius 3 is 2.52 bits per heavy atom. The van der Waals surface area contributed by atoms with Crippen molar-refractivity contribution in [3.8, 4) is 5.69 Å². The van der Waals surface area contributed by atoms with Crippen LogP contribution in [0, 0.1) is 10.1 Å². The molecule has 0 bridgehead atoms. The first-order valence-electron chi connectivity index (χ1n) is 6.78. The first-order valence-corrected chi connectivity index (χ1v) is 6.78. The van der Waals surface area contributed by atoms with Gasteiger partial charge in [-0.1, -0.05) is 12.1 Å². The maximum absolute atomic E-state index is 12.3. The van der Waals surface area contributed by atoms with Gasteiger partial charge in [0, 0.05) is 30.1 Å². The van der Waals surface area contributed by atoms with Gasteiger partial charge < -0.3 is 9.88 Å². The number of imidazole rings is 1. The lowest BCUT2D eigenvalue weighted by molar-refractivity contribution is -0.384. The Morgan fingerprint density at radius 1 is 1.13 bits per heavy atom. The van der Waals surface area contributed by atoms with E-state index in [4.69, 9.17) is 0 Å². The summed E-state index contributed by atoms with van der Waals surface area (Å²) in [6, 6.07) is 12.8. The van der Waals surface area contributed by atoms with Crippen LogP contribution in [0.25, 0.3) is 5.69 Å². The lowest BCUT2D eigenvalue weighted by Gasteiger charge is -2.11. The summed E-state index contributed by atoms with van der Waals surface area (Å²) < 4.78 is 1.78. The van der Waals surface area contributed by atoms with Gasteiger partial charge in [-0.15, -0.1) is 0 Å². The molecule has 0 atom stereocenters. The number of aromatic nitrogens is 2.